The third-order valence-electron chi connectivity index (χ3n) is 4.26. The SMILES string of the molecule is CCC1CCNC(C(=O)N(CC)CC2CC2)C1. The lowest BCUT2D eigenvalue weighted by molar-refractivity contribution is -0.134. The molecule has 1 heterocycles. The molecule has 1 saturated heterocycles. The van der Waals surface area contributed by atoms with Crippen molar-refractivity contribution in [3.8, 4) is 0 Å². The number of hydrogen-bond acceptors (Lipinski definition) is 2. The zero-order valence-electron chi connectivity index (χ0n) is 11.2. The Hall–Kier alpha value is -0.570. The highest BCUT2D eigenvalue weighted by Gasteiger charge is 2.31. The van der Waals surface area contributed by atoms with Crippen LogP contribution < -0.4 is 5.32 Å². The van der Waals surface area contributed by atoms with Crippen molar-refractivity contribution < 1.29 is 4.79 Å². The molecule has 2 rings (SSSR count). The van der Waals surface area contributed by atoms with Gasteiger partial charge in [-0.1, -0.05) is 13.3 Å². The predicted molar refractivity (Wildman–Crippen MR) is 69.8 cm³/mol. The quantitative estimate of drug-likeness (QED) is 0.795. The Balaban J connectivity index is 1.87. The summed E-state index contributed by atoms with van der Waals surface area (Å²) in [5, 5.41) is 3.40. The van der Waals surface area contributed by atoms with Gasteiger partial charge >= 0.3 is 0 Å². The zero-order valence-corrected chi connectivity index (χ0v) is 11.2. The normalized spacial score (nSPS) is 29.1. The second kappa shape index (κ2) is 5.85. The predicted octanol–water partition coefficient (Wildman–Crippen LogP) is 2.02. The smallest absolute Gasteiger partial charge is 0.239 e. The third-order valence-corrected chi connectivity index (χ3v) is 4.26. The molecule has 2 atom stereocenters. The summed E-state index contributed by atoms with van der Waals surface area (Å²) < 4.78 is 0. The molecule has 3 heteroatoms. The van der Waals surface area contributed by atoms with Gasteiger partial charge in [0.05, 0.1) is 6.04 Å². The summed E-state index contributed by atoms with van der Waals surface area (Å²) in [6.07, 6.45) is 6.12. The molecule has 0 radical (unpaired) electrons. The number of amides is 1. The van der Waals surface area contributed by atoms with Crippen LogP contribution in [0.4, 0.5) is 0 Å². The number of hydrogen-bond donors (Lipinski definition) is 1. The first-order chi connectivity index (χ1) is 8.24. The minimum Gasteiger partial charge on any atom is -0.341 e. The summed E-state index contributed by atoms with van der Waals surface area (Å²) >= 11 is 0. The summed E-state index contributed by atoms with van der Waals surface area (Å²) in [5.41, 5.74) is 0. The molecule has 0 aromatic heterocycles. The summed E-state index contributed by atoms with van der Waals surface area (Å²) in [6, 6.07) is 0.0902. The Labute approximate surface area is 105 Å². The maximum atomic E-state index is 12.4. The number of piperidine rings is 1. The molecule has 0 aromatic rings. The van der Waals surface area contributed by atoms with Crippen LogP contribution in [0.2, 0.25) is 0 Å². The van der Waals surface area contributed by atoms with Crippen LogP contribution in [0.1, 0.15) is 46.0 Å². The van der Waals surface area contributed by atoms with E-state index in [4.69, 9.17) is 0 Å². The van der Waals surface area contributed by atoms with Crippen LogP contribution in [0.15, 0.2) is 0 Å². The molecule has 2 fully saturated rings. The van der Waals surface area contributed by atoms with E-state index in [1.54, 1.807) is 0 Å². The molecule has 2 unspecified atom stereocenters. The molecule has 0 spiro atoms. The summed E-state index contributed by atoms with van der Waals surface area (Å²) in [7, 11) is 0. The van der Waals surface area contributed by atoms with Crippen LogP contribution in [-0.4, -0.2) is 36.5 Å². The molecule has 2 aliphatic rings. The fourth-order valence-corrected chi connectivity index (χ4v) is 2.76. The molecular formula is C14H26N2O. The molecule has 1 aliphatic heterocycles. The minimum atomic E-state index is 0.0902. The van der Waals surface area contributed by atoms with Crippen LogP contribution in [0.3, 0.4) is 0 Å². The van der Waals surface area contributed by atoms with Crippen molar-refractivity contribution in [2.45, 2.75) is 52.0 Å². The molecular weight excluding hydrogens is 212 g/mol. The number of nitrogens with one attached hydrogen (secondary N) is 1. The topological polar surface area (TPSA) is 32.3 Å². The summed E-state index contributed by atoms with van der Waals surface area (Å²) in [6.45, 7) is 7.20. The monoisotopic (exact) mass is 238 g/mol. The fourth-order valence-electron chi connectivity index (χ4n) is 2.76. The molecule has 17 heavy (non-hydrogen) atoms. The summed E-state index contributed by atoms with van der Waals surface area (Å²) in [4.78, 5) is 14.5. The molecule has 1 amide bonds. The van der Waals surface area contributed by atoms with Crippen molar-refractivity contribution in [3.63, 3.8) is 0 Å². The van der Waals surface area contributed by atoms with E-state index in [1.807, 2.05) is 0 Å². The van der Waals surface area contributed by atoms with Gasteiger partial charge in [-0.05, 0) is 51.0 Å². The molecule has 0 bridgehead atoms. The van der Waals surface area contributed by atoms with Crippen LogP contribution in [0.25, 0.3) is 0 Å². The zero-order chi connectivity index (χ0) is 12.3. The van der Waals surface area contributed by atoms with E-state index in [2.05, 4.69) is 24.1 Å². The van der Waals surface area contributed by atoms with Gasteiger partial charge in [0, 0.05) is 13.1 Å². The molecule has 3 nitrogen and oxygen atoms in total. The third kappa shape index (κ3) is 3.44. The second-order valence-corrected chi connectivity index (χ2v) is 5.63. The Kier molecular flexibility index (Phi) is 4.43. The Morgan fingerprint density at radius 3 is 2.59 bits per heavy atom. The Morgan fingerprint density at radius 2 is 2.00 bits per heavy atom. The number of carbonyl (C=O) groups is 1. The fraction of sp³-hybridized carbons (Fsp3) is 0.929. The highest BCUT2D eigenvalue weighted by molar-refractivity contribution is 5.82. The first kappa shape index (κ1) is 12.9. The van der Waals surface area contributed by atoms with Gasteiger partial charge in [0.1, 0.15) is 0 Å². The highest BCUT2D eigenvalue weighted by atomic mass is 16.2. The summed E-state index contributed by atoms with van der Waals surface area (Å²) in [5.74, 6) is 1.88. The first-order valence-corrected chi connectivity index (χ1v) is 7.26. The minimum absolute atomic E-state index is 0.0902. The maximum Gasteiger partial charge on any atom is 0.239 e. The van der Waals surface area contributed by atoms with Crippen molar-refractivity contribution >= 4 is 5.91 Å². The van der Waals surface area contributed by atoms with Crippen molar-refractivity contribution in [1.29, 1.82) is 0 Å². The van der Waals surface area contributed by atoms with E-state index in [1.165, 1.54) is 25.7 Å². The number of rotatable bonds is 5. The van der Waals surface area contributed by atoms with Gasteiger partial charge in [0.2, 0.25) is 5.91 Å². The highest BCUT2D eigenvalue weighted by Crippen LogP contribution is 2.30. The van der Waals surface area contributed by atoms with E-state index < -0.39 is 0 Å². The van der Waals surface area contributed by atoms with Gasteiger partial charge < -0.3 is 10.2 Å². The van der Waals surface area contributed by atoms with Crippen LogP contribution in [0.5, 0.6) is 0 Å². The van der Waals surface area contributed by atoms with E-state index in [9.17, 15) is 4.79 Å². The van der Waals surface area contributed by atoms with Gasteiger partial charge in [0.15, 0.2) is 0 Å². The van der Waals surface area contributed by atoms with Crippen molar-refractivity contribution in [2.75, 3.05) is 19.6 Å². The van der Waals surface area contributed by atoms with Gasteiger partial charge in [-0.3, -0.25) is 4.79 Å². The van der Waals surface area contributed by atoms with E-state index in [-0.39, 0.29) is 6.04 Å². The average Bonchev–Trinajstić information content (AvgIpc) is 3.19. The van der Waals surface area contributed by atoms with Crippen molar-refractivity contribution in [1.82, 2.24) is 10.2 Å². The molecule has 0 aromatic carbocycles. The number of likely N-dealkylation sites (N-methyl/N-ethyl adjacent to an activating group) is 1. The van der Waals surface area contributed by atoms with E-state index in [0.717, 1.165) is 37.9 Å². The maximum absolute atomic E-state index is 12.4. The number of carbonyl (C=O) groups excluding carboxylic acids is 1. The van der Waals surface area contributed by atoms with Crippen molar-refractivity contribution in [2.24, 2.45) is 11.8 Å². The standard InChI is InChI=1S/C14H26N2O/c1-3-11-7-8-15-13(9-11)14(17)16(4-2)10-12-5-6-12/h11-13,15H,3-10H2,1-2H3. The largest absolute Gasteiger partial charge is 0.341 e. The lowest BCUT2D eigenvalue weighted by Crippen LogP contribution is -2.50. The van der Waals surface area contributed by atoms with Gasteiger partial charge in [-0.2, -0.15) is 0 Å². The molecule has 1 aliphatic carbocycles. The Bertz CT molecular complexity index is 263. The van der Waals surface area contributed by atoms with E-state index >= 15 is 0 Å². The van der Waals surface area contributed by atoms with Crippen LogP contribution >= 0.6 is 0 Å². The molecule has 98 valence electrons. The van der Waals surface area contributed by atoms with Gasteiger partial charge in [0.25, 0.3) is 0 Å². The molecule has 1 N–H and O–H groups in total. The second-order valence-electron chi connectivity index (χ2n) is 5.63. The average molecular weight is 238 g/mol. The van der Waals surface area contributed by atoms with Gasteiger partial charge in [-0.15, -0.1) is 0 Å². The Morgan fingerprint density at radius 1 is 1.24 bits per heavy atom. The number of nitrogens with zero attached hydrogens (tertiary/aromatic N) is 1. The van der Waals surface area contributed by atoms with Crippen LogP contribution in [0, 0.1) is 11.8 Å². The van der Waals surface area contributed by atoms with Crippen LogP contribution in [-0.2, 0) is 4.79 Å². The lowest BCUT2D eigenvalue weighted by Gasteiger charge is -2.33. The van der Waals surface area contributed by atoms with E-state index in [0.29, 0.717) is 5.91 Å². The lowest BCUT2D eigenvalue weighted by atomic mass is 9.90. The molecule has 1 saturated carbocycles. The first-order valence-electron chi connectivity index (χ1n) is 7.26. The van der Waals surface area contributed by atoms with Crippen molar-refractivity contribution in [3.05, 3.63) is 0 Å². The van der Waals surface area contributed by atoms with Gasteiger partial charge in [-0.25, -0.2) is 0 Å².